The van der Waals surface area contributed by atoms with Gasteiger partial charge in [-0.3, -0.25) is 4.79 Å². The summed E-state index contributed by atoms with van der Waals surface area (Å²) < 4.78 is 0. The molecule has 0 spiro atoms. The molecule has 0 unspecified atom stereocenters. The Bertz CT molecular complexity index is 528. The fourth-order valence-corrected chi connectivity index (χ4v) is 1.91. The Morgan fingerprint density at radius 2 is 1.86 bits per heavy atom. The number of carbonyl (C=O) groups excluding carboxylic acids is 2. The van der Waals surface area contributed by atoms with Gasteiger partial charge in [0.1, 0.15) is 0 Å². The van der Waals surface area contributed by atoms with Crippen LogP contribution in [0.2, 0.25) is 0 Å². The van der Waals surface area contributed by atoms with Crippen LogP contribution in [-0.4, -0.2) is 42.6 Å². The Balaban J connectivity index is 2.74. The minimum atomic E-state index is -0.272. The molecule has 0 radical (unpaired) electrons. The Morgan fingerprint density at radius 3 is 2.41 bits per heavy atom. The molecule has 0 aliphatic rings. The normalized spacial score (nSPS) is 11.2. The monoisotopic (exact) mass is 304 g/mol. The van der Waals surface area contributed by atoms with Crippen molar-refractivity contribution >= 4 is 11.9 Å². The molecule has 6 heteroatoms. The first-order valence-electron chi connectivity index (χ1n) is 7.16. The summed E-state index contributed by atoms with van der Waals surface area (Å²) in [5, 5.41) is 8.44. The number of rotatable bonds is 6. The first-order valence-corrected chi connectivity index (χ1v) is 7.16. The van der Waals surface area contributed by atoms with Crippen molar-refractivity contribution in [2.75, 3.05) is 20.6 Å². The summed E-state index contributed by atoms with van der Waals surface area (Å²) in [4.78, 5) is 23.9. The van der Waals surface area contributed by atoms with E-state index in [9.17, 15) is 9.59 Å². The number of carbonyl (C=O) groups is 2. The zero-order valence-electron chi connectivity index (χ0n) is 13.6. The predicted octanol–water partition coefficient (Wildman–Crippen LogP) is 1.71. The van der Waals surface area contributed by atoms with Gasteiger partial charge < -0.3 is 10.6 Å². The van der Waals surface area contributed by atoms with Gasteiger partial charge in [0.05, 0.1) is 6.54 Å². The maximum Gasteiger partial charge on any atom is 0.336 e. The topological polar surface area (TPSA) is 64.7 Å². The maximum absolute atomic E-state index is 12.4. The van der Waals surface area contributed by atoms with Gasteiger partial charge in [0.15, 0.2) is 0 Å². The first-order chi connectivity index (χ1) is 10.5. The molecule has 0 aliphatic carbocycles. The summed E-state index contributed by atoms with van der Waals surface area (Å²) in [7, 11) is 3.27. The van der Waals surface area contributed by atoms with Crippen molar-refractivity contribution < 1.29 is 9.59 Å². The van der Waals surface area contributed by atoms with E-state index >= 15 is 0 Å². The van der Waals surface area contributed by atoms with E-state index in [4.69, 9.17) is 0 Å². The molecule has 1 aromatic rings. The second-order valence-electron chi connectivity index (χ2n) is 4.88. The van der Waals surface area contributed by atoms with Gasteiger partial charge in [-0.2, -0.15) is 0 Å². The van der Waals surface area contributed by atoms with Crippen LogP contribution in [0.3, 0.4) is 0 Å². The molecule has 0 aliphatic heterocycles. The van der Waals surface area contributed by atoms with Crippen molar-refractivity contribution in [1.29, 1.82) is 0 Å². The second-order valence-corrected chi connectivity index (χ2v) is 4.88. The Morgan fingerprint density at radius 1 is 1.23 bits per heavy atom. The van der Waals surface area contributed by atoms with Crippen LogP contribution in [0.25, 0.3) is 0 Å². The standard InChI is InChI=1S/C16H24N4O2/c1-5-13(2)20(19(4)12-15(21)17-3)16(22)18-11-14-9-7-6-8-10-14/h5-10H,11-12H2,1-4H3,(H,17,21)(H,18,22)/b13-5+. The predicted molar refractivity (Wildman–Crippen MR) is 86.6 cm³/mol. The van der Waals surface area contributed by atoms with Crippen molar-refractivity contribution in [2.45, 2.75) is 20.4 Å². The molecule has 3 amide bonds. The minimum absolute atomic E-state index is 0.0977. The Hall–Kier alpha value is -2.34. The molecule has 0 saturated carbocycles. The van der Waals surface area contributed by atoms with Gasteiger partial charge in [0, 0.05) is 26.3 Å². The lowest BCUT2D eigenvalue weighted by Crippen LogP contribution is -2.50. The zero-order chi connectivity index (χ0) is 16.5. The van der Waals surface area contributed by atoms with Crippen LogP contribution in [0, 0.1) is 0 Å². The molecule has 6 nitrogen and oxygen atoms in total. The summed E-state index contributed by atoms with van der Waals surface area (Å²) in [6, 6.07) is 9.40. The van der Waals surface area contributed by atoms with Crippen LogP contribution >= 0.6 is 0 Å². The maximum atomic E-state index is 12.4. The molecule has 22 heavy (non-hydrogen) atoms. The number of hydrogen-bond donors (Lipinski definition) is 2. The quantitative estimate of drug-likeness (QED) is 0.787. The summed E-state index contributed by atoms with van der Waals surface area (Å²) in [6.07, 6.45) is 1.82. The van der Waals surface area contributed by atoms with E-state index in [1.807, 2.05) is 50.3 Å². The van der Waals surface area contributed by atoms with Crippen LogP contribution in [0.5, 0.6) is 0 Å². The van der Waals surface area contributed by atoms with Crippen molar-refractivity contribution in [3.05, 3.63) is 47.7 Å². The van der Waals surface area contributed by atoms with Crippen molar-refractivity contribution in [3.63, 3.8) is 0 Å². The summed E-state index contributed by atoms with van der Waals surface area (Å²) >= 11 is 0. The molecule has 0 bridgehead atoms. The van der Waals surface area contributed by atoms with Gasteiger partial charge in [-0.25, -0.2) is 14.8 Å². The Labute approximate surface area is 131 Å². The summed E-state index contributed by atoms with van der Waals surface area (Å²) in [6.45, 7) is 4.20. The van der Waals surface area contributed by atoms with E-state index in [1.54, 1.807) is 19.1 Å². The van der Waals surface area contributed by atoms with E-state index in [0.717, 1.165) is 11.3 Å². The van der Waals surface area contributed by atoms with E-state index < -0.39 is 0 Å². The highest BCUT2D eigenvalue weighted by atomic mass is 16.2. The number of nitrogens with one attached hydrogen (secondary N) is 2. The van der Waals surface area contributed by atoms with Crippen molar-refractivity contribution in [2.24, 2.45) is 0 Å². The highest BCUT2D eigenvalue weighted by molar-refractivity contribution is 5.79. The van der Waals surface area contributed by atoms with Gasteiger partial charge in [-0.05, 0) is 19.4 Å². The van der Waals surface area contributed by atoms with Crippen LogP contribution in [-0.2, 0) is 11.3 Å². The van der Waals surface area contributed by atoms with E-state index in [1.165, 1.54) is 5.01 Å². The van der Waals surface area contributed by atoms with E-state index in [2.05, 4.69) is 10.6 Å². The molecule has 0 heterocycles. The molecule has 0 fully saturated rings. The van der Waals surface area contributed by atoms with E-state index in [-0.39, 0.29) is 18.5 Å². The van der Waals surface area contributed by atoms with Crippen molar-refractivity contribution in [1.82, 2.24) is 20.7 Å². The highest BCUT2D eigenvalue weighted by Gasteiger charge is 2.21. The van der Waals surface area contributed by atoms with Gasteiger partial charge in [0.25, 0.3) is 0 Å². The number of hydrazine groups is 1. The van der Waals surface area contributed by atoms with Gasteiger partial charge in [-0.1, -0.05) is 36.4 Å². The van der Waals surface area contributed by atoms with Crippen molar-refractivity contribution in [3.8, 4) is 0 Å². The molecule has 2 N–H and O–H groups in total. The summed E-state index contributed by atoms with van der Waals surface area (Å²) in [5.41, 5.74) is 1.76. The fraction of sp³-hybridized carbons (Fsp3) is 0.375. The lowest BCUT2D eigenvalue weighted by atomic mass is 10.2. The molecule has 0 atom stereocenters. The second kappa shape index (κ2) is 8.84. The number of urea groups is 1. The third kappa shape index (κ3) is 5.21. The fourth-order valence-electron chi connectivity index (χ4n) is 1.91. The van der Waals surface area contributed by atoms with Crippen LogP contribution < -0.4 is 10.6 Å². The zero-order valence-corrected chi connectivity index (χ0v) is 13.6. The average molecular weight is 304 g/mol. The summed E-state index contributed by atoms with van der Waals surface area (Å²) in [5.74, 6) is -0.160. The Kier molecular flexibility index (Phi) is 7.12. The largest absolute Gasteiger partial charge is 0.358 e. The number of amides is 3. The lowest BCUT2D eigenvalue weighted by molar-refractivity contribution is -0.123. The lowest BCUT2D eigenvalue weighted by Gasteiger charge is -2.31. The number of nitrogens with zero attached hydrogens (tertiary/aromatic N) is 2. The molecule has 1 rings (SSSR count). The average Bonchev–Trinajstić information content (AvgIpc) is 2.53. The number of likely N-dealkylation sites (N-methyl/N-ethyl adjacent to an activating group) is 2. The van der Waals surface area contributed by atoms with Crippen LogP contribution in [0.15, 0.2) is 42.1 Å². The smallest absolute Gasteiger partial charge is 0.336 e. The number of allylic oxidation sites excluding steroid dienone is 2. The molecular formula is C16H24N4O2. The number of hydrogen-bond acceptors (Lipinski definition) is 3. The molecule has 0 aromatic heterocycles. The van der Waals surface area contributed by atoms with Crippen LogP contribution in [0.1, 0.15) is 19.4 Å². The first kappa shape index (κ1) is 17.7. The van der Waals surface area contributed by atoms with E-state index in [0.29, 0.717) is 6.54 Å². The third-order valence-corrected chi connectivity index (χ3v) is 3.22. The molecule has 120 valence electrons. The van der Waals surface area contributed by atoms with Crippen LogP contribution in [0.4, 0.5) is 4.79 Å². The SMILES string of the molecule is C/C=C(\C)N(C(=O)NCc1ccccc1)N(C)CC(=O)NC. The highest BCUT2D eigenvalue weighted by Crippen LogP contribution is 2.08. The third-order valence-electron chi connectivity index (χ3n) is 3.22. The number of benzene rings is 1. The minimum Gasteiger partial charge on any atom is -0.358 e. The molecular weight excluding hydrogens is 280 g/mol. The van der Waals surface area contributed by atoms with Gasteiger partial charge in [-0.15, -0.1) is 0 Å². The molecule has 1 aromatic carbocycles. The van der Waals surface area contributed by atoms with Gasteiger partial charge in [0.2, 0.25) is 5.91 Å². The molecule has 0 saturated heterocycles. The van der Waals surface area contributed by atoms with Gasteiger partial charge >= 0.3 is 6.03 Å².